The summed E-state index contributed by atoms with van der Waals surface area (Å²) in [5.41, 5.74) is 0.673. The van der Waals surface area contributed by atoms with Crippen molar-refractivity contribution in [2.45, 2.75) is 25.2 Å². The van der Waals surface area contributed by atoms with Crippen LogP contribution in [0.5, 0.6) is 0 Å². The van der Waals surface area contributed by atoms with E-state index in [-0.39, 0.29) is 25.0 Å². The molecular formula is C14H18FN5O. The summed E-state index contributed by atoms with van der Waals surface area (Å²) in [6.07, 6.45) is 2.80. The molecular weight excluding hydrogens is 273 g/mol. The van der Waals surface area contributed by atoms with Gasteiger partial charge in [-0.2, -0.15) is 5.10 Å². The quantitative estimate of drug-likeness (QED) is 0.895. The number of aromatic nitrogens is 3. The highest BCUT2D eigenvalue weighted by molar-refractivity contribution is 5.80. The number of fused-ring (bicyclic) bond motifs is 1. The molecule has 21 heavy (non-hydrogen) atoms. The number of rotatable bonds is 4. The first kappa shape index (κ1) is 13.9. The van der Waals surface area contributed by atoms with Gasteiger partial charge in [-0.05, 0) is 19.2 Å². The largest absolute Gasteiger partial charge is 0.334 e. The molecule has 1 fully saturated rings. The minimum absolute atomic E-state index is 0.0905. The van der Waals surface area contributed by atoms with E-state index in [9.17, 15) is 9.18 Å². The summed E-state index contributed by atoms with van der Waals surface area (Å²) in [6, 6.07) is 3.63. The SMILES string of the molecule is CNC[C@@H]1C[C@H](F)CN1C(=O)Cn1ncc2cccnc21. The number of likely N-dealkylation sites (tertiary alicyclic amines) is 1. The zero-order valence-corrected chi connectivity index (χ0v) is 11.9. The topological polar surface area (TPSA) is 63.1 Å². The van der Waals surface area contributed by atoms with E-state index < -0.39 is 6.17 Å². The number of halogens is 1. The van der Waals surface area contributed by atoms with Crippen molar-refractivity contribution < 1.29 is 9.18 Å². The molecule has 112 valence electrons. The lowest BCUT2D eigenvalue weighted by atomic mass is 10.2. The molecule has 0 radical (unpaired) electrons. The average molecular weight is 291 g/mol. The average Bonchev–Trinajstić information content (AvgIpc) is 3.04. The minimum atomic E-state index is -0.945. The van der Waals surface area contributed by atoms with Crippen molar-refractivity contribution in [1.82, 2.24) is 25.0 Å². The van der Waals surface area contributed by atoms with Gasteiger partial charge in [0.15, 0.2) is 5.65 Å². The Morgan fingerprint density at radius 1 is 1.57 bits per heavy atom. The standard InChI is InChI=1S/C14H18FN5O/c1-16-7-12-5-11(15)8-19(12)13(21)9-20-14-10(6-18-20)3-2-4-17-14/h2-4,6,11-12,16H,5,7-9H2,1H3/t11-,12-/m0/s1. The maximum Gasteiger partial charge on any atom is 0.244 e. The lowest BCUT2D eigenvalue weighted by Gasteiger charge is -2.24. The van der Waals surface area contributed by atoms with Crippen LogP contribution in [-0.4, -0.2) is 57.9 Å². The third-order valence-electron chi connectivity index (χ3n) is 3.81. The second-order valence-electron chi connectivity index (χ2n) is 5.31. The summed E-state index contributed by atoms with van der Waals surface area (Å²) >= 11 is 0. The second kappa shape index (κ2) is 5.77. The number of nitrogens with zero attached hydrogens (tertiary/aromatic N) is 4. The number of carbonyl (C=O) groups excluding carboxylic acids is 1. The molecule has 2 aromatic rings. The Morgan fingerprint density at radius 2 is 2.43 bits per heavy atom. The van der Waals surface area contributed by atoms with Crippen molar-refractivity contribution in [2.75, 3.05) is 20.1 Å². The fraction of sp³-hybridized carbons (Fsp3) is 0.500. The first-order chi connectivity index (χ1) is 10.2. The highest BCUT2D eigenvalue weighted by Crippen LogP contribution is 2.21. The summed E-state index contributed by atoms with van der Waals surface area (Å²) in [5, 5.41) is 8.09. The number of amides is 1. The number of hydrogen-bond acceptors (Lipinski definition) is 4. The molecule has 1 aliphatic rings. The van der Waals surface area contributed by atoms with Crippen LogP contribution in [0, 0.1) is 0 Å². The molecule has 1 aliphatic heterocycles. The Bertz CT molecular complexity index is 643. The predicted octanol–water partition coefficient (Wildman–Crippen LogP) is 0.590. The van der Waals surface area contributed by atoms with E-state index in [1.165, 1.54) is 0 Å². The van der Waals surface area contributed by atoms with Gasteiger partial charge in [-0.3, -0.25) is 4.79 Å². The molecule has 0 aromatic carbocycles. The molecule has 0 aliphatic carbocycles. The van der Waals surface area contributed by atoms with Crippen LogP contribution < -0.4 is 5.32 Å². The molecule has 1 amide bonds. The Hall–Kier alpha value is -2.02. The number of hydrogen-bond donors (Lipinski definition) is 1. The van der Waals surface area contributed by atoms with Gasteiger partial charge in [0.2, 0.25) is 5.91 Å². The highest BCUT2D eigenvalue weighted by Gasteiger charge is 2.34. The maximum absolute atomic E-state index is 13.6. The van der Waals surface area contributed by atoms with E-state index in [0.29, 0.717) is 18.6 Å². The normalized spacial score (nSPS) is 22.1. The summed E-state index contributed by atoms with van der Waals surface area (Å²) in [4.78, 5) is 18.3. The van der Waals surface area contributed by atoms with Gasteiger partial charge >= 0.3 is 0 Å². The number of nitrogens with one attached hydrogen (secondary N) is 1. The molecule has 1 saturated heterocycles. The van der Waals surface area contributed by atoms with Gasteiger partial charge in [0.1, 0.15) is 12.7 Å². The van der Waals surface area contributed by atoms with Gasteiger partial charge in [0.25, 0.3) is 0 Å². The van der Waals surface area contributed by atoms with Crippen LogP contribution in [0.25, 0.3) is 11.0 Å². The monoisotopic (exact) mass is 291 g/mol. The Morgan fingerprint density at radius 3 is 3.24 bits per heavy atom. The lowest BCUT2D eigenvalue weighted by Crippen LogP contribution is -2.42. The first-order valence-electron chi connectivity index (χ1n) is 7.03. The van der Waals surface area contributed by atoms with Crippen molar-refractivity contribution >= 4 is 16.9 Å². The third-order valence-corrected chi connectivity index (χ3v) is 3.81. The molecule has 0 unspecified atom stereocenters. The molecule has 3 rings (SSSR count). The van der Waals surface area contributed by atoms with Crippen LogP contribution in [0.15, 0.2) is 24.5 Å². The Kier molecular flexibility index (Phi) is 3.83. The van der Waals surface area contributed by atoms with Gasteiger partial charge in [0, 0.05) is 30.6 Å². The van der Waals surface area contributed by atoms with Gasteiger partial charge in [-0.15, -0.1) is 0 Å². The van der Waals surface area contributed by atoms with E-state index in [1.807, 2.05) is 12.1 Å². The minimum Gasteiger partial charge on any atom is -0.334 e. The second-order valence-corrected chi connectivity index (χ2v) is 5.31. The summed E-state index contributed by atoms with van der Waals surface area (Å²) in [6.45, 7) is 0.857. The van der Waals surface area contributed by atoms with Crippen molar-refractivity contribution in [3.63, 3.8) is 0 Å². The zero-order chi connectivity index (χ0) is 14.8. The Balaban J connectivity index is 1.76. The molecule has 0 saturated carbocycles. The molecule has 0 bridgehead atoms. The molecule has 3 heterocycles. The zero-order valence-electron chi connectivity index (χ0n) is 11.9. The van der Waals surface area contributed by atoms with Crippen molar-refractivity contribution in [3.05, 3.63) is 24.5 Å². The molecule has 2 atom stereocenters. The smallest absolute Gasteiger partial charge is 0.244 e. The number of alkyl halides is 1. The van der Waals surface area contributed by atoms with Gasteiger partial charge in [0.05, 0.1) is 12.7 Å². The van der Waals surface area contributed by atoms with E-state index in [1.54, 1.807) is 29.0 Å². The summed E-state index contributed by atoms with van der Waals surface area (Å²) in [7, 11) is 1.80. The fourth-order valence-electron chi connectivity index (χ4n) is 2.84. The van der Waals surface area contributed by atoms with Crippen LogP contribution >= 0.6 is 0 Å². The summed E-state index contributed by atoms with van der Waals surface area (Å²) in [5.74, 6) is -0.119. The molecule has 1 N–H and O–H groups in total. The van der Waals surface area contributed by atoms with Crippen LogP contribution in [0.1, 0.15) is 6.42 Å². The Labute approximate surface area is 121 Å². The van der Waals surface area contributed by atoms with Crippen LogP contribution in [0.3, 0.4) is 0 Å². The predicted molar refractivity (Wildman–Crippen MR) is 76.5 cm³/mol. The molecule has 2 aromatic heterocycles. The number of likely N-dealkylation sites (N-methyl/N-ethyl adjacent to an activating group) is 1. The van der Waals surface area contributed by atoms with Crippen LogP contribution in [0.2, 0.25) is 0 Å². The van der Waals surface area contributed by atoms with Gasteiger partial charge in [-0.1, -0.05) is 0 Å². The van der Waals surface area contributed by atoms with Crippen LogP contribution in [0.4, 0.5) is 4.39 Å². The third kappa shape index (κ3) is 2.73. The van der Waals surface area contributed by atoms with E-state index in [0.717, 1.165) is 5.39 Å². The molecule has 7 heteroatoms. The van der Waals surface area contributed by atoms with E-state index >= 15 is 0 Å². The lowest BCUT2D eigenvalue weighted by molar-refractivity contribution is -0.132. The molecule has 0 spiro atoms. The first-order valence-corrected chi connectivity index (χ1v) is 7.03. The number of carbonyl (C=O) groups is 1. The van der Waals surface area contributed by atoms with E-state index in [2.05, 4.69) is 15.4 Å². The van der Waals surface area contributed by atoms with Crippen molar-refractivity contribution in [3.8, 4) is 0 Å². The van der Waals surface area contributed by atoms with Crippen molar-refractivity contribution in [1.29, 1.82) is 0 Å². The molecule has 6 nitrogen and oxygen atoms in total. The van der Waals surface area contributed by atoms with E-state index in [4.69, 9.17) is 0 Å². The fourth-order valence-corrected chi connectivity index (χ4v) is 2.84. The van der Waals surface area contributed by atoms with Crippen LogP contribution in [-0.2, 0) is 11.3 Å². The van der Waals surface area contributed by atoms with Gasteiger partial charge in [-0.25, -0.2) is 14.1 Å². The summed E-state index contributed by atoms with van der Waals surface area (Å²) < 4.78 is 15.2. The number of pyridine rings is 1. The highest BCUT2D eigenvalue weighted by atomic mass is 19.1. The van der Waals surface area contributed by atoms with Crippen molar-refractivity contribution in [2.24, 2.45) is 0 Å². The maximum atomic E-state index is 13.6. The van der Waals surface area contributed by atoms with Gasteiger partial charge < -0.3 is 10.2 Å².